The van der Waals surface area contributed by atoms with Gasteiger partial charge in [0.1, 0.15) is 0 Å². The van der Waals surface area contributed by atoms with Gasteiger partial charge < -0.3 is 9.14 Å². The van der Waals surface area contributed by atoms with E-state index in [-0.39, 0.29) is 5.97 Å². The van der Waals surface area contributed by atoms with Crippen LogP contribution in [0.25, 0.3) is 16.4 Å². The summed E-state index contributed by atoms with van der Waals surface area (Å²) in [6, 6.07) is 11.3. The van der Waals surface area contributed by atoms with E-state index in [9.17, 15) is 4.79 Å². The van der Waals surface area contributed by atoms with Gasteiger partial charge in [-0.2, -0.15) is 0 Å². The number of carbonyl (C=O) groups excluding carboxylic acids is 1. The molecule has 2 aromatic heterocycles. The average Bonchev–Trinajstić information content (AvgIpc) is 2.79. The molecule has 1 aromatic carbocycles. The second-order valence-electron chi connectivity index (χ2n) is 4.07. The van der Waals surface area contributed by atoms with Crippen LogP contribution in [-0.2, 0) is 4.79 Å². The molecule has 0 atom stereocenters. The van der Waals surface area contributed by atoms with Crippen molar-refractivity contribution in [1.29, 1.82) is 0 Å². The molecule has 90 valence electrons. The molecule has 0 fully saturated rings. The molecule has 3 nitrogen and oxygen atoms in total. The molecule has 0 bridgehead atoms. The lowest BCUT2D eigenvalue weighted by atomic mass is 10.2. The number of pyridine rings is 1. The van der Waals surface area contributed by atoms with E-state index < -0.39 is 0 Å². The van der Waals surface area contributed by atoms with Gasteiger partial charge in [0.2, 0.25) is 0 Å². The lowest BCUT2D eigenvalue weighted by Crippen LogP contribution is -2.03. The highest BCUT2D eigenvalue weighted by Crippen LogP contribution is 2.29. The first-order chi connectivity index (χ1) is 8.65. The quantitative estimate of drug-likeness (QED) is 0.624. The summed E-state index contributed by atoms with van der Waals surface area (Å²) < 4.78 is 7.19. The molecular formula is C14H10ClNO2. The Morgan fingerprint density at radius 1 is 1.22 bits per heavy atom. The van der Waals surface area contributed by atoms with Gasteiger partial charge in [-0.15, -0.1) is 0 Å². The molecule has 0 aliphatic rings. The Bertz CT molecular complexity index is 761. The summed E-state index contributed by atoms with van der Waals surface area (Å²) in [4.78, 5) is 11.1. The summed E-state index contributed by atoms with van der Waals surface area (Å²) in [7, 11) is 0. The molecule has 0 aliphatic heterocycles. The first-order valence-corrected chi connectivity index (χ1v) is 5.91. The van der Waals surface area contributed by atoms with E-state index in [1.54, 1.807) is 0 Å². The van der Waals surface area contributed by atoms with Gasteiger partial charge in [0.05, 0.1) is 11.0 Å². The number of esters is 1. The summed E-state index contributed by atoms with van der Waals surface area (Å²) in [5.74, 6) is 0.230. The lowest BCUT2D eigenvalue weighted by Gasteiger charge is -2.09. The van der Waals surface area contributed by atoms with Crippen LogP contribution in [0.2, 0.25) is 5.02 Å². The van der Waals surface area contributed by atoms with E-state index in [0.29, 0.717) is 10.8 Å². The first kappa shape index (κ1) is 11.1. The topological polar surface area (TPSA) is 30.7 Å². The molecule has 3 rings (SSSR count). The third-order valence-corrected chi connectivity index (χ3v) is 3.03. The Kier molecular flexibility index (Phi) is 2.49. The lowest BCUT2D eigenvalue weighted by molar-refractivity contribution is -0.131. The molecule has 0 radical (unpaired) electrons. The number of rotatable bonds is 1. The molecule has 0 amide bonds. The van der Waals surface area contributed by atoms with E-state index in [4.69, 9.17) is 16.3 Å². The van der Waals surface area contributed by atoms with Crippen LogP contribution in [0.4, 0.5) is 0 Å². The van der Waals surface area contributed by atoms with Crippen LogP contribution in [0.15, 0.2) is 42.6 Å². The predicted molar refractivity (Wildman–Crippen MR) is 71.2 cm³/mol. The van der Waals surface area contributed by atoms with Crippen LogP contribution in [0, 0.1) is 0 Å². The zero-order valence-electron chi connectivity index (χ0n) is 9.68. The normalized spacial score (nSPS) is 11.0. The van der Waals surface area contributed by atoms with Crippen molar-refractivity contribution >= 4 is 34.0 Å². The standard InChI is InChI=1S/C14H10ClNO2/c1-9(17)18-14-7-10-4-5-11(15)8-13(10)16-6-2-3-12(14)16/h2-8H,1H3. The fourth-order valence-corrected chi connectivity index (χ4v) is 2.26. The highest BCUT2D eigenvalue weighted by molar-refractivity contribution is 6.31. The van der Waals surface area contributed by atoms with E-state index >= 15 is 0 Å². The number of halogens is 1. The fraction of sp³-hybridized carbons (Fsp3) is 0.0714. The maximum atomic E-state index is 11.1. The minimum Gasteiger partial charge on any atom is -0.424 e. The third kappa shape index (κ3) is 1.73. The number of hydrogen-bond donors (Lipinski definition) is 0. The number of hydrogen-bond acceptors (Lipinski definition) is 2. The van der Waals surface area contributed by atoms with Crippen molar-refractivity contribution in [2.45, 2.75) is 6.92 Å². The van der Waals surface area contributed by atoms with Gasteiger partial charge in [-0.25, -0.2) is 0 Å². The van der Waals surface area contributed by atoms with E-state index in [1.807, 2.05) is 47.0 Å². The molecule has 2 heterocycles. The number of fused-ring (bicyclic) bond motifs is 3. The second kappa shape index (κ2) is 4.03. The Balaban J connectivity index is 2.39. The molecule has 0 unspecified atom stereocenters. The summed E-state index contributed by atoms with van der Waals surface area (Å²) in [5.41, 5.74) is 1.83. The number of benzene rings is 1. The van der Waals surface area contributed by atoms with Crippen LogP contribution < -0.4 is 4.74 Å². The Morgan fingerprint density at radius 3 is 2.83 bits per heavy atom. The maximum absolute atomic E-state index is 11.1. The highest BCUT2D eigenvalue weighted by atomic mass is 35.5. The summed E-state index contributed by atoms with van der Waals surface area (Å²) >= 11 is 6.01. The third-order valence-electron chi connectivity index (χ3n) is 2.79. The van der Waals surface area contributed by atoms with Crippen LogP contribution >= 0.6 is 11.6 Å². The van der Waals surface area contributed by atoms with Crippen molar-refractivity contribution in [2.75, 3.05) is 0 Å². The van der Waals surface area contributed by atoms with Crippen LogP contribution in [-0.4, -0.2) is 10.4 Å². The number of nitrogens with zero attached hydrogens (tertiary/aromatic N) is 1. The molecule has 0 aliphatic carbocycles. The van der Waals surface area contributed by atoms with Gasteiger partial charge in [0, 0.05) is 23.5 Å². The van der Waals surface area contributed by atoms with E-state index in [2.05, 4.69) is 0 Å². The fourth-order valence-electron chi connectivity index (χ4n) is 2.09. The highest BCUT2D eigenvalue weighted by Gasteiger charge is 2.09. The van der Waals surface area contributed by atoms with Crippen LogP contribution in [0.5, 0.6) is 5.75 Å². The SMILES string of the molecule is CC(=O)Oc1cc2ccc(Cl)cc2n2cccc12. The molecular weight excluding hydrogens is 250 g/mol. The number of aromatic nitrogens is 1. The molecule has 18 heavy (non-hydrogen) atoms. The first-order valence-electron chi connectivity index (χ1n) is 5.53. The van der Waals surface area contributed by atoms with Crippen molar-refractivity contribution in [1.82, 2.24) is 4.40 Å². The van der Waals surface area contributed by atoms with Gasteiger partial charge in [0.15, 0.2) is 5.75 Å². The smallest absolute Gasteiger partial charge is 0.308 e. The van der Waals surface area contributed by atoms with Gasteiger partial charge in [-0.05, 0) is 30.3 Å². The molecule has 3 aromatic rings. The minimum absolute atomic E-state index is 0.327. The Morgan fingerprint density at radius 2 is 2.06 bits per heavy atom. The minimum atomic E-state index is -0.327. The van der Waals surface area contributed by atoms with Crippen molar-refractivity contribution in [3.8, 4) is 5.75 Å². The maximum Gasteiger partial charge on any atom is 0.308 e. The summed E-state index contributed by atoms with van der Waals surface area (Å²) in [6.07, 6.45) is 1.92. The second-order valence-corrected chi connectivity index (χ2v) is 4.51. The zero-order chi connectivity index (χ0) is 12.7. The van der Waals surface area contributed by atoms with Crippen molar-refractivity contribution < 1.29 is 9.53 Å². The Labute approximate surface area is 109 Å². The molecule has 0 N–H and O–H groups in total. The monoisotopic (exact) mass is 259 g/mol. The van der Waals surface area contributed by atoms with Gasteiger partial charge in [-0.3, -0.25) is 4.79 Å². The van der Waals surface area contributed by atoms with Gasteiger partial charge >= 0.3 is 5.97 Å². The number of carbonyl (C=O) groups is 1. The Hall–Kier alpha value is -2.00. The molecule has 0 saturated heterocycles. The van der Waals surface area contributed by atoms with Gasteiger partial charge in [-0.1, -0.05) is 17.7 Å². The molecule has 0 saturated carbocycles. The predicted octanol–water partition coefficient (Wildman–Crippen LogP) is 3.67. The average molecular weight is 260 g/mol. The molecule has 4 heteroatoms. The molecule has 0 spiro atoms. The largest absolute Gasteiger partial charge is 0.424 e. The van der Waals surface area contributed by atoms with Crippen LogP contribution in [0.3, 0.4) is 0 Å². The van der Waals surface area contributed by atoms with Gasteiger partial charge in [0.25, 0.3) is 0 Å². The zero-order valence-corrected chi connectivity index (χ0v) is 10.4. The van der Waals surface area contributed by atoms with Crippen molar-refractivity contribution in [3.05, 3.63) is 47.6 Å². The van der Waals surface area contributed by atoms with Crippen molar-refractivity contribution in [2.24, 2.45) is 0 Å². The van der Waals surface area contributed by atoms with E-state index in [1.165, 1.54) is 6.92 Å². The summed E-state index contributed by atoms with van der Waals surface area (Å²) in [5, 5.41) is 1.65. The number of ether oxygens (including phenoxy) is 1. The van der Waals surface area contributed by atoms with Crippen molar-refractivity contribution in [3.63, 3.8) is 0 Å². The van der Waals surface area contributed by atoms with E-state index in [0.717, 1.165) is 16.4 Å². The summed E-state index contributed by atoms with van der Waals surface area (Å²) in [6.45, 7) is 1.39. The van der Waals surface area contributed by atoms with Crippen LogP contribution in [0.1, 0.15) is 6.92 Å².